The predicted octanol–water partition coefficient (Wildman–Crippen LogP) is 9.95. The van der Waals surface area contributed by atoms with Crippen LogP contribution in [0.3, 0.4) is 0 Å². The van der Waals surface area contributed by atoms with Gasteiger partial charge in [-0.3, -0.25) is 4.57 Å². The van der Waals surface area contributed by atoms with Crippen LogP contribution in [0.5, 0.6) is 11.5 Å². The maximum absolute atomic E-state index is 8.72. The summed E-state index contributed by atoms with van der Waals surface area (Å²) >= 11 is 0. The number of imidazole rings is 1. The molecule has 9 aromatic rings. The zero-order valence-corrected chi connectivity index (χ0v) is 30.7. The van der Waals surface area contributed by atoms with Crippen LogP contribution < -0.4 is 9.30 Å². The fourth-order valence-corrected chi connectivity index (χ4v) is 6.44. The van der Waals surface area contributed by atoms with E-state index in [1.54, 1.807) is 18.5 Å². The van der Waals surface area contributed by atoms with Gasteiger partial charge < -0.3 is 13.9 Å². The molecule has 0 unspecified atom stereocenters. The summed E-state index contributed by atoms with van der Waals surface area (Å²) in [6.45, 7) is 6.25. The van der Waals surface area contributed by atoms with Gasteiger partial charge in [-0.05, 0) is 57.4 Å². The topological polar surface area (TPSA) is 48.8 Å². The number of ether oxygens (including phenoxy) is 1. The van der Waals surface area contributed by atoms with Crippen LogP contribution in [0.1, 0.15) is 33.2 Å². The Morgan fingerprint density at radius 2 is 1.46 bits per heavy atom. The fraction of sp³-hybridized carbons (Fsp3) is 0.0889. The Bertz CT molecular complexity index is 2980. The van der Waals surface area contributed by atoms with E-state index < -0.39 is 6.04 Å². The molecule has 6 aromatic carbocycles. The first-order valence-corrected chi connectivity index (χ1v) is 16.6. The zero-order chi connectivity index (χ0) is 38.9. The first-order valence-electron chi connectivity index (χ1n) is 19.1. The molecule has 0 aliphatic heterocycles. The standard InChI is InChI=1S/C45H33N5O.Pt/c1-45(2,3)33-25-32(31-13-5-4-6-14-31)26-35(27-33)49-30-48(41-19-9-10-20-42(41)49)34-15-11-16-36(28-34)51-37-21-22-39-38-17-7-8-18-40(38)50(43(39)29-37)44-46-23-12-24-47-44;/h4-27H,1-3H3;/q-2;/i4D,5D,6D,13D,14D;. The summed E-state index contributed by atoms with van der Waals surface area (Å²) in [7, 11) is 0. The Hall–Kier alpha value is -5.84. The van der Waals surface area contributed by atoms with E-state index in [0.717, 1.165) is 44.1 Å². The number of nitrogens with zero attached hydrogens (tertiary/aromatic N) is 5. The van der Waals surface area contributed by atoms with E-state index in [2.05, 4.69) is 61.3 Å². The Kier molecular flexibility index (Phi) is 7.15. The second kappa shape index (κ2) is 13.4. The van der Waals surface area contributed by atoms with Gasteiger partial charge in [-0.1, -0.05) is 105 Å². The van der Waals surface area contributed by atoms with Crippen molar-refractivity contribution in [2.75, 3.05) is 0 Å². The Morgan fingerprint density at radius 1 is 0.712 bits per heavy atom. The molecule has 0 N–H and O–H groups in total. The van der Waals surface area contributed by atoms with Gasteiger partial charge in [0, 0.05) is 50.5 Å². The quantitative estimate of drug-likeness (QED) is 0.124. The van der Waals surface area contributed by atoms with Gasteiger partial charge in [0.05, 0.1) is 23.6 Å². The third-order valence-corrected chi connectivity index (χ3v) is 8.92. The average molecular weight is 860 g/mol. The number of fused-ring (bicyclic) bond motifs is 4. The molecule has 52 heavy (non-hydrogen) atoms. The maximum atomic E-state index is 8.72. The molecule has 0 aliphatic rings. The summed E-state index contributed by atoms with van der Waals surface area (Å²) in [5, 5.41) is 2.06. The fourth-order valence-electron chi connectivity index (χ4n) is 6.44. The van der Waals surface area contributed by atoms with E-state index in [4.69, 9.17) is 11.6 Å². The average Bonchev–Trinajstić information content (AvgIpc) is 3.76. The smallest absolute Gasteiger partial charge is 0.268 e. The van der Waals surface area contributed by atoms with Crippen molar-refractivity contribution in [1.82, 2.24) is 19.1 Å². The molecule has 3 aromatic heterocycles. The van der Waals surface area contributed by atoms with Crippen LogP contribution in [0.25, 0.3) is 61.3 Å². The van der Waals surface area contributed by atoms with Crippen molar-refractivity contribution in [3.8, 4) is 39.9 Å². The first kappa shape index (κ1) is 27.8. The normalized spacial score (nSPS) is 12.9. The van der Waals surface area contributed by atoms with Gasteiger partial charge in [-0.25, -0.2) is 9.97 Å². The molecule has 256 valence electrons. The second-order valence-corrected chi connectivity index (χ2v) is 13.3. The Labute approximate surface area is 323 Å². The molecule has 3 heterocycles. The maximum Gasteiger partial charge on any atom is 0.268 e. The summed E-state index contributed by atoms with van der Waals surface area (Å²) in [4.78, 5) is 9.04. The molecule has 7 heteroatoms. The molecule has 0 aliphatic carbocycles. The van der Waals surface area contributed by atoms with Crippen molar-refractivity contribution in [2.45, 2.75) is 26.2 Å². The minimum absolute atomic E-state index is 0. The van der Waals surface area contributed by atoms with Crippen LogP contribution in [0.4, 0.5) is 0 Å². The number of rotatable bonds is 6. The van der Waals surface area contributed by atoms with E-state index >= 15 is 0 Å². The van der Waals surface area contributed by atoms with Crippen LogP contribution in [0.15, 0.2) is 146 Å². The summed E-state index contributed by atoms with van der Waals surface area (Å²) in [6, 6.07) is 38.4. The SMILES string of the molecule is [2H]c1c([2H])c([2H])c(-c2cc(-[n+]3[c-]n(-c4[c-]c(Oc5[c-]c6c(cc5)c5ccccc5n6-c5ncccn5)ccc4)c4ccccc43)cc(C(C)(C)C)c2)c([2H])c1[2H].[Pt]. The van der Waals surface area contributed by atoms with Crippen LogP contribution in [-0.4, -0.2) is 19.1 Å². The van der Waals surface area contributed by atoms with Crippen molar-refractivity contribution in [2.24, 2.45) is 0 Å². The van der Waals surface area contributed by atoms with Crippen molar-refractivity contribution < 1.29 is 37.2 Å². The van der Waals surface area contributed by atoms with E-state index in [-0.39, 0.29) is 56.2 Å². The first-order chi connectivity index (χ1) is 27.0. The second-order valence-electron chi connectivity index (χ2n) is 13.3. The molecule has 9 rings (SSSR count). The molecule has 0 saturated heterocycles. The van der Waals surface area contributed by atoms with Crippen LogP contribution in [0, 0.1) is 18.5 Å². The van der Waals surface area contributed by atoms with E-state index in [1.165, 1.54) is 0 Å². The number of hydrogen-bond donors (Lipinski definition) is 0. The molecular formula is C45H33N5OPt-2. The number of aromatic nitrogens is 5. The summed E-state index contributed by atoms with van der Waals surface area (Å²) in [6.07, 6.45) is 6.96. The Balaban J connectivity index is 0.00000455. The molecule has 6 nitrogen and oxygen atoms in total. The minimum atomic E-state index is -0.424. The van der Waals surface area contributed by atoms with Gasteiger partial charge in [0.15, 0.2) is 0 Å². The molecule has 0 bridgehead atoms. The molecular weight excluding hydrogens is 822 g/mol. The Morgan fingerprint density at radius 3 is 2.27 bits per heavy atom. The summed E-state index contributed by atoms with van der Waals surface area (Å²) in [5.74, 6) is 1.52. The third kappa shape index (κ3) is 5.99. The third-order valence-electron chi connectivity index (χ3n) is 8.92. The molecule has 0 fully saturated rings. The molecule has 0 atom stereocenters. The van der Waals surface area contributed by atoms with Crippen LogP contribution in [-0.2, 0) is 26.5 Å². The number of hydrogen-bond acceptors (Lipinski definition) is 3. The summed E-state index contributed by atoms with van der Waals surface area (Å²) < 4.78 is 54.5. The van der Waals surface area contributed by atoms with Gasteiger partial charge in [0.25, 0.3) is 6.33 Å². The number of benzene rings is 6. The minimum Gasteiger partial charge on any atom is -0.510 e. The molecule has 0 amide bonds. The van der Waals surface area contributed by atoms with E-state index in [1.807, 2.05) is 98.6 Å². The van der Waals surface area contributed by atoms with Gasteiger partial charge in [0.1, 0.15) is 0 Å². The molecule has 0 spiro atoms. The van der Waals surface area contributed by atoms with Gasteiger partial charge in [0.2, 0.25) is 5.95 Å². The van der Waals surface area contributed by atoms with E-state index in [9.17, 15) is 0 Å². The largest absolute Gasteiger partial charge is 0.510 e. The predicted molar refractivity (Wildman–Crippen MR) is 202 cm³/mol. The van der Waals surface area contributed by atoms with E-state index in [0.29, 0.717) is 28.7 Å². The van der Waals surface area contributed by atoms with Crippen LogP contribution >= 0.6 is 0 Å². The van der Waals surface area contributed by atoms with Crippen molar-refractivity contribution in [3.05, 3.63) is 170 Å². The van der Waals surface area contributed by atoms with Crippen LogP contribution in [0.2, 0.25) is 0 Å². The van der Waals surface area contributed by atoms with Gasteiger partial charge >= 0.3 is 0 Å². The monoisotopic (exact) mass is 859 g/mol. The number of para-hydroxylation sites is 3. The summed E-state index contributed by atoms with van der Waals surface area (Å²) in [5.41, 5.74) is 6.15. The zero-order valence-electron chi connectivity index (χ0n) is 33.4. The van der Waals surface area contributed by atoms with Crippen molar-refractivity contribution >= 4 is 32.8 Å². The van der Waals surface area contributed by atoms with Gasteiger partial charge in [-0.15, -0.1) is 29.7 Å². The van der Waals surface area contributed by atoms with Crippen molar-refractivity contribution in [3.63, 3.8) is 0 Å². The van der Waals surface area contributed by atoms with Gasteiger partial charge in [-0.2, -0.15) is 18.2 Å². The molecule has 0 saturated carbocycles. The molecule has 0 radical (unpaired) electrons. The van der Waals surface area contributed by atoms with Crippen molar-refractivity contribution in [1.29, 1.82) is 0 Å².